The first-order valence-corrected chi connectivity index (χ1v) is 13.8. The maximum Gasteiger partial charge on any atom is 0.330 e. The van der Waals surface area contributed by atoms with Crippen LogP contribution in [0, 0.1) is 5.82 Å². The summed E-state index contributed by atoms with van der Waals surface area (Å²) in [5.74, 6) is -0.221. The summed E-state index contributed by atoms with van der Waals surface area (Å²) in [4.78, 5) is 19.7. The van der Waals surface area contributed by atoms with Gasteiger partial charge in [0.25, 0.3) is 0 Å². The minimum atomic E-state index is -3.08. The van der Waals surface area contributed by atoms with E-state index < -0.39 is 13.4 Å². The van der Waals surface area contributed by atoms with Crippen LogP contribution in [0.4, 0.5) is 33.2 Å². The maximum atomic E-state index is 14.4. The highest BCUT2D eigenvalue weighted by Crippen LogP contribution is 2.48. The Balaban J connectivity index is 1.56. The SMILES string of the molecule is C=CC(=O)Nc1cccc(Nc2nc(Nc3ccc(OCCCP(=O)(OCC)OCC)cc3)ncc2F)c1. The first kappa shape index (κ1) is 28.8. The van der Waals surface area contributed by atoms with Crippen LogP contribution < -0.4 is 20.7 Å². The van der Waals surface area contributed by atoms with Gasteiger partial charge in [-0.05, 0) is 68.8 Å². The molecule has 0 aliphatic rings. The van der Waals surface area contributed by atoms with E-state index in [9.17, 15) is 13.8 Å². The van der Waals surface area contributed by atoms with Gasteiger partial charge in [0.1, 0.15) is 5.75 Å². The first-order chi connectivity index (χ1) is 18.3. The third-order valence-corrected chi connectivity index (χ3v) is 7.10. The number of hydrogen-bond acceptors (Lipinski definition) is 9. The molecular formula is C26H31FN5O5P. The van der Waals surface area contributed by atoms with Gasteiger partial charge in [-0.25, -0.2) is 9.37 Å². The quantitative estimate of drug-likeness (QED) is 0.116. The number of benzene rings is 2. The Labute approximate surface area is 221 Å². The Bertz CT molecular complexity index is 1270. The zero-order valence-corrected chi connectivity index (χ0v) is 22.2. The summed E-state index contributed by atoms with van der Waals surface area (Å²) >= 11 is 0. The lowest BCUT2D eigenvalue weighted by atomic mass is 10.2. The van der Waals surface area contributed by atoms with Crippen LogP contribution in [0.25, 0.3) is 0 Å². The van der Waals surface area contributed by atoms with Crippen molar-refractivity contribution in [2.45, 2.75) is 20.3 Å². The van der Waals surface area contributed by atoms with E-state index in [0.29, 0.717) is 49.1 Å². The number of aromatic nitrogens is 2. The van der Waals surface area contributed by atoms with Gasteiger partial charge in [-0.15, -0.1) is 0 Å². The zero-order chi connectivity index (χ0) is 27.4. The highest BCUT2D eigenvalue weighted by atomic mass is 31.2. The van der Waals surface area contributed by atoms with Crippen LogP contribution in [0.3, 0.4) is 0 Å². The van der Waals surface area contributed by atoms with E-state index in [1.54, 1.807) is 62.4 Å². The van der Waals surface area contributed by atoms with E-state index in [1.165, 1.54) is 0 Å². The molecule has 3 rings (SSSR count). The Hall–Kier alpha value is -3.79. The van der Waals surface area contributed by atoms with Crippen molar-refractivity contribution in [1.82, 2.24) is 9.97 Å². The number of nitrogens with one attached hydrogen (secondary N) is 3. The number of hydrogen-bond donors (Lipinski definition) is 3. The van der Waals surface area contributed by atoms with Gasteiger partial charge in [-0.2, -0.15) is 4.98 Å². The van der Waals surface area contributed by atoms with Gasteiger partial charge in [0.15, 0.2) is 11.6 Å². The van der Waals surface area contributed by atoms with Crippen LogP contribution in [0.15, 0.2) is 67.4 Å². The third-order valence-electron chi connectivity index (χ3n) is 4.93. The monoisotopic (exact) mass is 543 g/mol. The lowest BCUT2D eigenvalue weighted by molar-refractivity contribution is -0.111. The minimum Gasteiger partial charge on any atom is -0.494 e. The summed E-state index contributed by atoms with van der Waals surface area (Å²) in [6, 6.07) is 13.8. The minimum absolute atomic E-state index is 0.0361. The summed E-state index contributed by atoms with van der Waals surface area (Å²) < 4.78 is 43.1. The molecule has 1 amide bonds. The molecule has 12 heteroatoms. The number of halogens is 1. The number of carbonyl (C=O) groups is 1. The standard InChI is InChI=1S/C26H31FN5O5P/c1-4-24(33)29-20-9-7-10-21(17-20)30-25-23(27)18-28-26(32-25)31-19-11-13-22(14-12-19)35-15-8-16-38(34,36-5-2)37-6-3/h4,7,9-14,17-18H,1,5-6,8,15-16H2,2-3H3,(H,29,33)(H2,28,30,31,32). The fraction of sp³-hybridized carbons (Fsp3) is 0.269. The van der Waals surface area contributed by atoms with Crippen molar-refractivity contribution in [3.05, 3.63) is 73.2 Å². The molecule has 0 fully saturated rings. The van der Waals surface area contributed by atoms with Gasteiger partial charge in [0.2, 0.25) is 11.9 Å². The average molecular weight is 544 g/mol. The number of nitrogens with zero attached hydrogens (tertiary/aromatic N) is 2. The van der Waals surface area contributed by atoms with Crippen molar-refractivity contribution < 1.29 is 27.5 Å². The molecule has 2 aromatic carbocycles. The van der Waals surface area contributed by atoms with Crippen molar-refractivity contribution in [1.29, 1.82) is 0 Å². The second-order valence-corrected chi connectivity index (χ2v) is 10.00. The molecule has 202 valence electrons. The lowest BCUT2D eigenvalue weighted by Gasteiger charge is -2.16. The molecule has 1 aromatic heterocycles. The number of carbonyl (C=O) groups excluding carboxylic acids is 1. The van der Waals surface area contributed by atoms with Gasteiger partial charge in [-0.1, -0.05) is 12.6 Å². The first-order valence-electron chi connectivity index (χ1n) is 12.0. The summed E-state index contributed by atoms with van der Waals surface area (Å²) in [5.41, 5.74) is 1.71. The highest BCUT2D eigenvalue weighted by Gasteiger charge is 2.22. The van der Waals surface area contributed by atoms with Crippen LogP contribution in [-0.4, -0.2) is 41.9 Å². The molecule has 10 nitrogen and oxygen atoms in total. The molecule has 3 aromatic rings. The predicted molar refractivity (Wildman–Crippen MR) is 146 cm³/mol. The van der Waals surface area contributed by atoms with Gasteiger partial charge in [-0.3, -0.25) is 9.36 Å². The molecule has 3 N–H and O–H groups in total. The van der Waals surface area contributed by atoms with E-state index in [2.05, 4.69) is 32.5 Å². The van der Waals surface area contributed by atoms with E-state index in [4.69, 9.17) is 13.8 Å². The second-order valence-electron chi connectivity index (χ2n) is 7.81. The molecule has 0 radical (unpaired) electrons. The smallest absolute Gasteiger partial charge is 0.330 e. The van der Waals surface area contributed by atoms with E-state index in [0.717, 1.165) is 12.3 Å². The molecule has 0 saturated carbocycles. The Morgan fingerprint density at radius 2 is 1.76 bits per heavy atom. The molecule has 0 aliphatic heterocycles. The fourth-order valence-corrected chi connectivity index (χ4v) is 4.93. The number of ether oxygens (including phenoxy) is 1. The van der Waals surface area contributed by atoms with Crippen molar-refractivity contribution in [2.24, 2.45) is 0 Å². The van der Waals surface area contributed by atoms with Crippen molar-refractivity contribution in [2.75, 3.05) is 41.9 Å². The van der Waals surface area contributed by atoms with Gasteiger partial charge in [0, 0.05) is 17.1 Å². The molecule has 0 unspecified atom stereocenters. The maximum absolute atomic E-state index is 14.4. The largest absolute Gasteiger partial charge is 0.494 e. The molecule has 38 heavy (non-hydrogen) atoms. The number of anilines is 5. The van der Waals surface area contributed by atoms with Crippen LogP contribution in [0.2, 0.25) is 0 Å². The average Bonchev–Trinajstić information content (AvgIpc) is 2.90. The van der Waals surface area contributed by atoms with Crippen LogP contribution >= 0.6 is 7.60 Å². The molecule has 1 heterocycles. The highest BCUT2D eigenvalue weighted by molar-refractivity contribution is 7.53. The fourth-order valence-electron chi connectivity index (χ4n) is 3.29. The normalized spacial score (nSPS) is 11.0. The molecule has 0 spiro atoms. The van der Waals surface area contributed by atoms with Gasteiger partial charge < -0.3 is 29.7 Å². The van der Waals surface area contributed by atoms with Gasteiger partial charge >= 0.3 is 7.60 Å². The number of amides is 1. The Morgan fingerprint density at radius 1 is 1.05 bits per heavy atom. The summed E-state index contributed by atoms with van der Waals surface area (Å²) in [6.45, 7) is 7.97. The molecule has 0 atom stereocenters. The van der Waals surface area contributed by atoms with Crippen LogP contribution in [0.5, 0.6) is 5.75 Å². The van der Waals surface area contributed by atoms with Crippen molar-refractivity contribution in [3.63, 3.8) is 0 Å². The summed E-state index contributed by atoms with van der Waals surface area (Å²) in [6.07, 6.45) is 3.01. The van der Waals surface area contributed by atoms with E-state index in [1.807, 2.05) is 0 Å². The molecule has 0 bridgehead atoms. The molecule has 0 aliphatic carbocycles. The van der Waals surface area contributed by atoms with Crippen molar-refractivity contribution >= 4 is 42.3 Å². The summed E-state index contributed by atoms with van der Waals surface area (Å²) in [5, 5.41) is 8.56. The Kier molecular flexibility index (Phi) is 10.8. The lowest BCUT2D eigenvalue weighted by Crippen LogP contribution is -2.07. The summed E-state index contributed by atoms with van der Waals surface area (Å²) in [7, 11) is -3.08. The predicted octanol–water partition coefficient (Wildman–Crippen LogP) is 6.26. The van der Waals surface area contributed by atoms with Crippen LogP contribution in [-0.2, 0) is 18.4 Å². The Morgan fingerprint density at radius 3 is 2.45 bits per heavy atom. The van der Waals surface area contributed by atoms with Crippen LogP contribution in [0.1, 0.15) is 20.3 Å². The van der Waals surface area contributed by atoms with E-state index >= 15 is 0 Å². The van der Waals surface area contributed by atoms with Gasteiger partial charge in [0.05, 0.1) is 32.2 Å². The molecular weight excluding hydrogens is 512 g/mol. The molecule has 0 saturated heterocycles. The third kappa shape index (κ3) is 8.95. The van der Waals surface area contributed by atoms with Crippen molar-refractivity contribution in [3.8, 4) is 5.75 Å². The zero-order valence-electron chi connectivity index (χ0n) is 21.3. The second kappa shape index (κ2) is 14.2. The topological polar surface area (TPSA) is 124 Å². The van der Waals surface area contributed by atoms with E-state index in [-0.39, 0.29) is 23.8 Å². The number of rotatable bonds is 15.